The molecule has 0 radical (unpaired) electrons. The van der Waals surface area contributed by atoms with Crippen LogP contribution in [0.2, 0.25) is 0 Å². The van der Waals surface area contributed by atoms with Crippen molar-refractivity contribution in [1.29, 1.82) is 0 Å². The van der Waals surface area contributed by atoms with Crippen LogP contribution >= 0.6 is 15.9 Å². The molecule has 1 fully saturated rings. The Morgan fingerprint density at radius 1 is 1.30 bits per heavy atom. The fourth-order valence-electron chi connectivity index (χ4n) is 1.90. The van der Waals surface area contributed by atoms with Gasteiger partial charge in [0.1, 0.15) is 6.61 Å². The summed E-state index contributed by atoms with van der Waals surface area (Å²) < 4.78 is 17.5. The molecule has 7 heteroatoms. The zero-order valence-electron chi connectivity index (χ0n) is 11.7. The molecule has 0 amide bonds. The largest absolute Gasteiger partial charge is 0.458 e. The molecule has 0 saturated heterocycles. The molecular weight excluding hydrogens is 328 g/mol. The quantitative estimate of drug-likeness (QED) is 0.532. The Bertz CT molecular complexity index is 471. The summed E-state index contributed by atoms with van der Waals surface area (Å²) in [5.74, 6) is 0.0723. The predicted octanol–water partition coefficient (Wildman–Crippen LogP) is 1.97. The minimum absolute atomic E-state index is 0.232. The van der Waals surface area contributed by atoms with Gasteiger partial charge < -0.3 is 14.2 Å². The van der Waals surface area contributed by atoms with Gasteiger partial charge in [0, 0.05) is 20.1 Å². The zero-order chi connectivity index (χ0) is 14.5. The van der Waals surface area contributed by atoms with Gasteiger partial charge in [0.25, 0.3) is 0 Å². The van der Waals surface area contributed by atoms with E-state index in [1.165, 1.54) is 0 Å². The molecule has 1 aromatic heterocycles. The third-order valence-electron chi connectivity index (χ3n) is 3.10. The van der Waals surface area contributed by atoms with E-state index in [9.17, 15) is 4.79 Å². The Morgan fingerprint density at radius 3 is 2.60 bits per heavy atom. The standard InChI is InChI=1S/C13H19BrN2O4/c1-18-6-5-16-12(13(17)20-8-7-19-2)10(14)11(15-16)9-3-4-9/h9H,3-8H2,1-2H3. The van der Waals surface area contributed by atoms with E-state index in [-0.39, 0.29) is 12.6 Å². The van der Waals surface area contributed by atoms with Crippen molar-refractivity contribution in [2.24, 2.45) is 0 Å². The molecule has 0 aromatic carbocycles. The average molecular weight is 347 g/mol. The molecule has 1 aromatic rings. The van der Waals surface area contributed by atoms with E-state index in [2.05, 4.69) is 21.0 Å². The van der Waals surface area contributed by atoms with Crippen LogP contribution in [0.15, 0.2) is 4.47 Å². The van der Waals surface area contributed by atoms with Crippen molar-refractivity contribution in [3.8, 4) is 0 Å². The van der Waals surface area contributed by atoms with Gasteiger partial charge in [-0.15, -0.1) is 0 Å². The van der Waals surface area contributed by atoms with Gasteiger partial charge in [-0.2, -0.15) is 5.10 Å². The van der Waals surface area contributed by atoms with Gasteiger partial charge in [-0.3, -0.25) is 4.68 Å². The highest BCUT2D eigenvalue weighted by Gasteiger charge is 2.33. The molecule has 112 valence electrons. The minimum Gasteiger partial charge on any atom is -0.458 e. The fraction of sp³-hybridized carbons (Fsp3) is 0.692. The number of aromatic nitrogens is 2. The van der Waals surface area contributed by atoms with Crippen LogP contribution in [0.25, 0.3) is 0 Å². The van der Waals surface area contributed by atoms with Crippen LogP contribution in [0.3, 0.4) is 0 Å². The molecule has 0 atom stereocenters. The Morgan fingerprint density at radius 2 is 2.00 bits per heavy atom. The summed E-state index contributed by atoms with van der Waals surface area (Å²) in [7, 11) is 3.19. The second-order valence-electron chi connectivity index (χ2n) is 4.67. The van der Waals surface area contributed by atoms with Crippen LogP contribution in [0.1, 0.15) is 34.9 Å². The Hall–Kier alpha value is -0.920. The van der Waals surface area contributed by atoms with Crippen molar-refractivity contribution in [2.45, 2.75) is 25.3 Å². The monoisotopic (exact) mass is 346 g/mol. The van der Waals surface area contributed by atoms with E-state index < -0.39 is 0 Å². The SMILES string of the molecule is COCCOC(=O)c1c(Br)c(C2CC2)nn1CCOC. The lowest BCUT2D eigenvalue weighted by molar-refractivity contribution is 0.0371. The van der Waals surface area contributed by atoms with E-state index in [1.54, 1.807) is 18.9 Å². The molecule has 1 aliphatic carbocycles. The number of halogens is 1. The molecule has 1 heterocycles. The molecule has 0 aliphatic heterocycles. The van der Waals surface area contributed by atoms with Gasteiger partial charge in [0.05, 0.1) is 29.9 Å². The van der Waals surface area contributed by atoms with Crippen LogP contribution in [-0.4, -0.2) is 49.8 Å². The molecule has 0 spiro atoms. The summed E-state index contributed by atoms with van der Waals surface area (Å²) in [6.45, 7) is 1.63. The molecule has 20 heavy (non-hydrogen) atoms. The minimum atomic E-state index is -0.385. The number of hydrogen-bond acceptors (Lipinski definition) is 5. The molecule has 1 saturated carbocycles. The van der Waals surface area contributed by atoms with Gasteiger partial charge in [-0.1, -0.05) is 0 Å². The van der Waals surface area contributed by atoms with Crippen molar-refractivity contribution < 1.29 is 19.0 Å². The lowest BCUT2D eigenvalue weighted by atomic mass is 10.2. The lowest BCUT2D eigenvalue weighted by Crippen LogP contribution is -2.17. The Balaban J connectivity index is 2.16. The fourth-order valence-corrected chi connectivity index (χ4v) is 2.67. The summed E-state index contributed by atoms with van der Waals surface area (Å²) >= 11 is 3.49. The summed E-state index contributed by atoms with van der Waals surface area (Å²) in [5.41, 5.74) is 1.40. The first-order valence-corrected chi connectivity index (χ1v) is 7.39. The van der Waals surface area contributed by atoms with E-state index >= 15 is 0 Å². The van der Waals surface area contributed by atoms with Crippen LogP contribution in [0.5, 0.6) is 0 Å². The molecule has 0 unspecified atom stereocenters. The number of methoxy groups -OCH3 is 2. The predicted molar refractivity (Wildman–Crippen MR) is 75.9 cm³/mol. The number of hydrogen-bond donors (Lipinski definition) is 0. The maximum absolute atomic E-state index is 12.2. The Kier molecular flexibility index (Phi) is 5.56. The van der Waals surface area contributed by atoms with Crippen molar-refractivity contribution in [3.63, 3.8) is 0 Å². The second-order valence-corrected chi connectivity index (χ2v) is 5.46. The molecule has 1 aliphatic rings. The Labute approximate surface area is 126 Å². The smallest absolute Gasteiger partial charge is 0.357 e. The van der Waals surface area contributed by atoms with Gasteiger partial charge in [0.15, 0.2) is 5.69 Å². The average Bonchev–Trinajstić information content (AvgIpc) is 3.21. The number of carbonyl (C=O) groups is 1. The summed E-state index contributed by atoms with van der Waals surface area (Å²) in [4.78, 5) is 12.2. The van der Waals surface area contributed by atoms with Crippen LogP contribution in [0.4, 0.5) is 0 Å². The van der Waals surface area contributed by atoms with Crippen molar-refractivity contribution in [2.75, 3.05) is 34.0 Å². The van der Waals surface area contributed by atoms with E-state index in [0.29, 0.717) is 31.4 Å². The molecular formula is C13H19BrN2O4. The van der Waals surface area contributed by atoms with Gasteiger partial charge in [-0.25, -0.2) is 4.79 Å². The summed E-state index contributed by atoms with van der Waals surface area (Å²) in [6, 6.07) is 0. The zero-order valence-corrected chi connectivity index (χ0v) is 13.3. The number of carbonyl (C=O) groups excluding carboxylic acids is 1. The van der Waals surface area contributed by atoms with Gasteiger partial charge in [0.2, 0.25) is 0 Å². The van der Waals surface area contributed by atoms with E-state index in [4.69, 9.17) is 14.2 Å². The first kappa shape index (κ1) is 15.5. The van der Waals surface area contributed by atoms with Crippen LogP contribution in [0, 0.1) is 0 Å². The normalized spacial score (nSPS) is 14.6. The van der Waals surface area contributed by atoms with Crippen LogP contribution in [-0.2, 0) is 20.8 Å². The summed E-state index contributed by atoms with van der Waals surface area (Å²) in [6.07, 6.45) is 2.25. The molecule has 2 rings (SSSR count). The van der Waals surface area contributed by atoms with Gasteiger partial charge in [-0.05, 0) is 28.8 Å². The highest BCUT2D eigenvalue weighted by atomic mass is 79.9. The molecule has 0 N–H and O–H groups in total. The van der Waals surface area contributed by atoms with E-state index in [0.717, 1.165) is 23.0 Å². The van der Waals surface area contributed by atoms with Gasteiger partial charge >= 0.3 is 5.97 Å². The van der Waals surface area contributed by atoms with Crippen molar-refractivity contribution >= 4 is 21.9 Å². The number of nitrogens with zero attached hydrogens (tertiary/aromatic N) is 2. The van der Waals surface area contributed by atoms with E-state index in [1.807, 2.05) is 0 Å². The highest BCUT2D eigenvalue weighted by molar-refractivity contribution is 9.10. The number of rotatable bonds is 8. The molecule has 0 bridgehead atoms. The topological polar surface area (TPSA) is 62.6 Å². The third-order valence-corrected chi connectivity index (χ3v) is 3.89. The highest BCUT2D eigenvalue weighted by Crippen LogP contribution is 2.43. The maximum Gasteiger partial charge on any atom is 0.357 e. The first-order valence-electron chi connectivity index (χ1n) is 6.60. The van der Waals surface area contributed by atoms with Crippen molar-refractivity contribution in [3.05, 3.63) is 15.9 Å². The van der Waals surface area contributed by atoms with Crippen molar-refractivity contribution in [1.82, 2.24) is 9.78 Å². The molecule has 6 nitrogen and oxygen atoms in total. The second kappa shape index (κ2) is 7.19. The maximum atomic E-state index is 12.2. The number of esters is 1. The first-order chi connectivity index (χ1) is 9.69. The summed E-state index contributed by atoms with van der Waals surface area (Å²) in [5, 5.41) is 4.52. The van der Waals surface area contributed by atoms with Crippen LogP contribution < -0.4 is 0 Å². The third kappa shape index (κ3) is 3.59. The lowest BCUT2D eigenvalue weighted by Gasteiger charge is -2.07. The number of ether oxygens (including phenoxy) is 3.